The molecule has 18 heavy (non-hydrogen) atoms. The molecule has 0 N–H and O–H groups in total. The number of ether oxygens (including phenoxy) is 1. The minimum absolute atomic E-state index is 0.0714. The molecule has 1 aromatic carbocycles. The number of alkyl halides is 3. The van der Waals surface area contributed by atoms with Crippen LogP contribution in [0.5, 0.6) is 0 Å². The first-order chi connectivity index (χ1) is 8.31. The molecule has 1 aromatic rings. The zero-order valence-corrected chi connectivity index (χ0v) is 12.4. The van der Waals surface area contributed by atoms with Gasteiger partial charge in [-0.05, 0) is 64.5 Å². The summed E-state index contributed by atoms with van der Waals surface area (Å²) in [4.78, 5) is 11.1. The van der Waals surface area contributed by atoms with Crippen molar-refractivity contribution < 1.29 is 22.7 Å². The topological polar surface area (TPSA) is 26.3 Å². The maximum absolute atomic E-state index is 12.4. The highest BCUT2D eigenvalue weighted by atomic mass is 127. The Morgan fingerprint density at radius 2 is 2.11 bits per heavy atom. The third kappa shape index (κ3) is 5.47. The fourth-order valence-electron chi connectivity index (χ4n) is 1.31. The summed E-state index contributed by atoms with van der Waals surface area (Å²) in [5, 5.41) is 0. The monoisotopic (exact) mass is 390 g/mol. The number of carbonyl (C=O) groups excluding carboxylic acids is 1. The van der Waals surface area contributed by atoms with Gasteiger partial charge >= 0.3 is 11.5 Å². The summed E-state index contributed by atoms with van der Waals surface area (Å²) in [6, 6.07) is 4.68. The van der Waals surface area contributed by atoms with Gasteiger partial charge in [0.15, 0.2) is 0 Å². The first-order valence-electron chi connectivity index (χ1n) is 4.93. The Morgan fingerprint density at radius 1 is 1.44 bits per heavy atom. The Balaban J connectivity index is 2.86. The normalized spacial score (nSPS) is 11.4. The molecule has 0 heterocycles. The first-order valence-corrected chi connectivity index (χ1v) is 6.82. The van der Waals surface area contributed by atoms with Crippen molar-refractivity contribution in [2.24, 2.45) is 0 Å². The number of aryl methyl sites for hydroxylation is 1. The van der Waals surface area contributed by atoms with Gasteiger partial charge in [-0.3, -0.25) is 4.79 Å². The van der Waals surface area contributed by atoms with Crippen molar-refractivity contribution in [3.8, 4) is 0 Å². The lowest BCUT2D eigenvalue weighted by Crippen LogP contribution is -2.05. The van der Waals surface area contributed by atoms with Crippen LogP contribution in [-0.4, -0.2) is 18.6 Å². The minimum atomic E-state index is -4.33. The third-order valence-corrected chi connectivity index (χ3v) is 3.59. The second kappa shape index (κ2) is 6.65. The van der Waals surface area contributed by atoms with E-state index < -0.39 is 11.5 Å². The molecule has 0 saturated heterocycles. The van der Waals surface area contributed by atoms with Crippen LogP contribution in [-0.2, 0) is 16.0 Å². The lowest BCUT2D eigenvalue weighted by molar-refractivity contribution is -0.140. The minimum Gasteiger partial charge on any atom is -0.469 e. The highest BCUT2D eigenvalue weighted by Crippen LogP contribution is 2.39. The van der Waals surface area contributed by atoms with Gasteiger partial charge in [0.25, 0.3) is 0 Å². The predicted octanol–water partition coefficient (Wildman–Crippen LogP) is 4.01. The standard InChI is InChI=1S/C11H10F3IO2S/c1-17-10(16)5-2-7-6-8(15)3-4-9(7)18-11(12,13)14/h3-4,6H,2,5H2,1H3. The molecule has 7 heteroatoms. The molecule has 0 radical (unpaired) electrons. The number of esters is 1. The predicted molar refractivity (Wildman–Crippen MR) is 71.4 cm³/mol. The Hall–Kier alpha value is -0.440. The molecule has 0 saturated carbocycles. The van der Waals surface area contributed by atoms with Crippen molar-refractivity contribution in [2.75, 3.05) is 7.11 Å². The van der Waals surface area contributed by atoms with Crippen LogP contribution in [0, 0.1) is 3.57 Å². The molecule has 2 nitrogen and oxygen atoms in total. The number of hydrogen-bond acceptors (Lipinski definition) is 3. The van der Waals surface area contributed by atoms with E-state index in [2.05, 4.69) is 4.74 Å². The molecule has 0 amide bonds. The fraction of sp³-hybridized carbons (Fsp3) is 0.364. The van der Waals surface area contributed by atoms with Crippen molar-refractivity contribution in [1.29, 1.82) is 0 Å². The van der Waals surface area contributed by atoms with Crippen molar-refractivity contribution in [3.05, 3.63) is 27.3 Å². The second-order valence-corrected chi connectivity index (χ2v) is 5.73. The summed E-state index contributed by atoms with van der Waals surface area (Å²) in [5.74, 6) is -0.434. The molecule has 0 aliphatic heterocycles. The Kier molecular flexibility index (Phi) is 5.77. The summed E-state index contributed by atoms with van der Waals surface area (Å²) in [6.45, 7) is 0. The number of benzene rings is 1. The van der Waals surface area contributed by atoms with Gasteiger partial charge < -0.3 is 4.74 Å². The highest BCUT2D eigenvalue weighted by molar-refractivity contribution is 14.1. The van der Waals surface area contributed by atoms with Crippen LogP contribution in [0.15, 0.2) is 23.1 Å². The molecule has 0 aliphatic rings. The molecule has 0 aliphatic carbocycles. The van der Waals surface area contributed by atoms with Crippen LogP contribution in [0.3, 0.4) is 0 Å². The SMILES string of the molecule is COC(=O)CCc1cc(I)ccc1SC(F)(F)F. The van der Waals surface area contributed by atoms with E-state index in [9.17, 15) is 18.0 Å². The van der Waals surface area contributed by atoms with Crippen LogP contribution in [0.25, 0.3) is 0 Å². The largest absolute Gasteiger partial charge is 0.469 e. The molecule has 0 aromatic heterocycles. The van der Waals surface area contributed by atoms with Crippen molar-refractivity contribution in [2.45, 2.75) is 23.2 Å². The Bertz CT molecular complexity index is 435. The van der Waals surface area contributed by atoms with E-state index in [0.717, 1.165) is 3.57 Å². The maximum atomic E-state index is 12.4. The van der Waals surface area contributed by atoms with Crippen LogP contribution in [0.2, 0.25) is 0 Å². The van der Waals surface area contributed by atoms with E-state index in [1.165, 1.54) is 13.2 Å². The summed E-state index contributed by atoms with van der Waals surface area (Å²) < 4.78 is 42.4. The second-order valence-electron chi connectivity index (χ2n) is 3.38. The molecular weight excluding hydrogens is 380 g/mol. The molecule has 1 rings (SSSR count). The molecule has 0 unspecified atom stereocenters. The smallest absolute Gasteiger partial charge is 0.446 e. The fourth-order valence-corrected chi connectivity index (χ4v) is 2.54. The van der Waals surface area contributed by atoms with E-state index in [-0.39, 0.29) is 29.5 Å². The van der Waals surface area contributed by atoms with Crippen LogP contribution in [0.4, 0.5) is 13.2 Å². The average molecular weight is 390 g/mol. The maximum Gasteiger partial charge on any atom is 0.446 e. The van der Waals surface area contributed by atoms with Gasteiger partial charge in [0.05, 0.1) is 7.11 Å². The van der Waals surface area contributed by atoms with E-state index in [0.29, 0.717) is 5.56 Å². The summed E-state index contributed by atoms with van der Waals surface area (Å²) in [6.07, 6.45) is 0.309. The van der Waals surface area contributed by atoms with E-state index in [1.54, 1.807) is 12.1 Å². The number of methoxy groups -OCH3 is 1. The van der Waals surface area contributed by atoms with Crippen molar-refractivity contribution in [3.63, 3.8) is 0 Å². The van der Waals surface area contributed by atoms with Gasteiger partial charge in [0, 0.05) is 14.9 Å². The van der Waals surface area contributed by atoms with Gasteiger partial charge in [-0.1, -0.05) is 0 Å². The number of thioether (sulfide) groups is 1. The number of rotatable bonds is 4. The van der Waals surface area contributed by atoms with E-state index >= 15 is 0 Å². The van der Waals surface area contributed by atoms with Gasteiger partial charge in [0.2, 0.25) is 0 Å². The highest BCUT2D eigenvalue weighted by Gasteiger charge is 2.30. The summed E-state index contributed by atoms with van der Waals surface area (Å²) >= 11 is 1.86. The van der Waals surface area contributed by atoms with Gasteiger partial charge in [-0.15, -0.1) is 0 Å². The van der Waals surface area contributed by atoms with E-state index in [1.807, 2.05) is 22.6 Å². The zero-order valence-electron chi connectivity index (χ0n) is 9.38. The van der Waals surface area contributed by atoms with Crippen LogP contribution < -0.4 is 0 Å². The lowest BCUT2D eigenvalue weighted by Gasteiger charge is -2.11. The van der Waals surface area contributed by atoms with E-state index in [4.69, 9.17) is 0 Å². The molecular formula is C11H10F3IO2S. The third-order valence-electron chi connectivity index (χ3n) is 2.07. The number of carbonyl (C=O) groups is 1. The van der Waals surface area contributed by atoms with Gasteiger partial charge in [-0.2, -0.15) is 13.2 Å². The van der Waals surface area contributed by atoms with Crippen molar-refractivity contribution >= 4 is 40.3 Å². The van der Waals surface area contributed by atoms with Gasteiger partial charge in [-0.25, -0.2) is 0 Å². The zero-order chi connectivity index (χ0) is 13.8. The molecule has 0 spiro atoms. The summed E-state index contributed by atoms with van der Waals surface area (Å²) in [7, 11) is 1.25. The first kappa shape index (κ1) is 15.6. The molecule has 0 atom stereocenters. The Labute approximate surface area is 120 Å². The van der Waals surface area contributed by atoms with Crippen LogP contribution >= 0.6 is 34.4 Å². The molecule has 0 fully saturated rings. The lowest BCUT2D eigenvalue weighted by atomic mass is 10.1. The average Bonchev–Trinajstić information content (AvgIpc) is 2.27. The quantitative estimate of drug-likeness (QED) is 0.442. The number of halogens is 4. The molecule has 100 valence electrons. The summed E-state index contributed by atoms with van der Waals surface area (Å²) in [5.41, 5.74) is -3.82. The molecule has 0 bridgehead atoms. The van der Waals surface area contributed by atoms with Gasteiger partial charge in [0.1, 0.15) is 0 Å². The number of hydrogen-bond donors (Lipinski definition) is 0. The van der Waals surface area contributed by atoms with Crippen LogP contribution in [0.1, 0.15) is 12.0 Å². The Morgan fingerprint density at radius 3 is 2.67 bits per heavy atom. The van der Waals surface area contributed by atoms with Crippen molar-refractivity contribution in [1.82, 2.24) is 0 Å².